The highest BCUT2D eigenvalue weighted by molar-refractivity contribution is 5.94. The molecule has 2 fully saturated rings. The van der Waals surface area contributed by atoms with Crippen molar-refractivity contribution >= 4 is 23.6 Å². The van der Waals surface area contributed by atoms with E-state index in [2.05, 4.69) is 16.0 Å². The van der Waals surface area contributed by atoms with Crippen molar-refractivity contribution in [3.8, 4) is 11.5 Å². The standard InChI is InChI=1S/C36H51N5O8/c1-22(2)14-30-36(46)40(4)23(3)34(44)39-29(17-24-10-8-7-9-11-24)35(45)38-28-12-13-49-31(33(28)43)20-41(21-32(42)37-30)19-25-15-26(47-5)18-27(16-25)48-6/h7-11,15-16,18,22-23,28-31,33,43H,12-14,17,19-21H2,1-6H3,(H,37,42)(H,38,45)(H,39,44)/t23-,28-,29-,30+,31+,33-/m0/s1. The Morgan fingerprint density at radius 3 is 2.22 bits per heavy atom. The highest BCUT2D eigenvalue weighted by atomic mass is 16.5. The van der Waals surface area contributed by atoms with Crippen molar-refractivity contribution in [3.05, 3.63) is 59.7 Å². The van der Waals surface area contributed by atoms with Crippen molar-refractivity contribution in [3.63, 3.8) is 0 Å². The minimum atomic E-state index is -1.10. The van der Waals surface area contributed by atoms with Crippen LogP contribution in [0.25, 0.3) is 0 Å². The summed E-state index contributed by atoms with van der Waals surface area (Å²) in [6, 6.07) is 11.2. The number of rotatable bonds is 8. The smallest absolute Gasteiger partial charge is 0.245 e. The van der Waals surface area contributed by atoms with E-state index in [1.165, 1.54) is 11.9 Å². The van der Waals surface area contributed by atoms with Crippen LogP contribution in [-0.4, -0.2) is 116 Å². The van der Waals surface area contributed by atoms with Crippen LogP contribution in [0.3, 0.4) is 0 Å². The molecule has 0 saturated carbocycles. The Bertz CT molecular complexity index is 1420. The van der Waals surface area contributed by atoms with E-state index < -0.39 is 60.0 Å². The van der Waals surface area contributed by atoms with Gasteiger partial charge in [0.25, 0.3) is 0 Å². The Balaban J connectivity index is 1.70. The lowest BCUT2D eigenvalue weighted by molar-refractivity contribution is -0.142. The molecule has 6 atom stereocenters. The number of fused-ring (bicyclic) bond motifs is 2. The number of aliphatic hydroxyl groups is 1. The van der Waals surface area contributed by atoms with Gasteiger partial charge in [-0.2, -0.15) is 0 Å². The second-order valence-electron chi connectivity index (χ2n) is 13.3. The number of amides is 4. The van der Waals surface area contributed by atoms with Crippen LogP contribution in [0, 0.1) is 5.92 Å². The third-order valence-corrected chi connectivity index (χ3v) is 9.07. The van der Waals surface area contributed by atoms with E-state index in [-0.39, 0.29) is 38.6 Å². The summed E-state index contributed by atoms with van der Waals surface area (Å²) in [6.07, 6.45) is -0.951. The fraction of sp³-hybridized carbons (Fsp3) is 0.556. The molecule has 2 aliphatic heterocycles. The molecule has 0 radical (unpaired) electrons. The second-order valence-corrected chi connectivity index (χ2v) is 13.3. The highest BCUT2D eigenvalue weighted by Crippen LogP contribution is 2.25. The topological polar surface area (TPSA) is 159 Å². The molecule has 4 amide bonds. The molecule has 49 heavy (non-hydrogen) atoms. The molecule has 13 heteroatoms. The van der Waals surface area contributed by atoms with Gasteiger partial charge in [-0.3, -0.25) is 24.1 Å². The Morgan fingerprint density at radius 2 is 1.59 bits per heavy atom. The summed E-state index contributed by atoms with van der Waals surface area (Å²) in [4.78, 5) is 58.0. The zero-order valence-electron chi connectivity index (χ0n) is 29.3. The summed E-state index contributed by atoms with van der Waals surface area (Å²) in [5.41, 5.74) is 1.63. The lowest BCUT2D eigenvalue weighted by Crippen LogP contribution is -2.60. The first-order valence-corrected chi connectivity index (χ1v) is 16.8. The van der Waals surface area contributed by atoms with E-state index in [0.717, 1.165) is 11.1 Å². The van der Waals surface area contributed by atoms with E-state index in [0.29, 0.717) is 24.3 Å². The van der Waals surface area contributed by atoms with Crippen molar-refractivity contribution in [2.24, 2.45) is 5.92 Å². The number of methoxy groups -OCH3 is 2. The van der Waals surface area contributed by atoms with Gasteiger partial charge in [0.05, 0.1) is 32.9 Å². The Kier molecular flexibility index (Phi) is 13.4. The van der Waals surface area contributed by atoms with Crippen LogP contribution in [0.4, 0.5) is 0 Å². The minimum Gasteiger partial charge on any atom is -0.497 e. The zero-order chi connectivity index (χ0) is 35.7. The largest absolute Gasteiger partial charge is 0.497 e. The molecule has 4 rings (SSSR count). The third-order valence-electron chi connectivity index (χ3n) is 9.07. The Hall–Kier alpha value is -4.20. The van der Waals surface area contributed by atoms with Crippen molar-refractivity contribution < 1.29 is 38.5 Å². The Labute approximate surface area is 288 Å². The van der Waals surface area contributed by atoms with E-state index in [1.54, 1.807) is 27.2 Å². The first-order valence-electron chi connectivity index (χ1n) is 16.8. The molecule has 2 aliphatic rings. The molecule has 2 aromatic rings. The van der Waals surface area contributed by atoms with Crippen LogP contribution in [-0.2, 0) is 36.9 Å². The average Bonchev–Trinajstić information content (AvgIpc) is 3.07. The summed E-state index contributed by atoms with van der Waals surface area (Å²) < 4.78 is 16.9. The molecule has 0 spiro atoms. The molecular formula is C36H51N5O8. The van der Waals surface area contributed by atoms with E-state index in [4.69, 9.17) is 14.2 Å². The number of hydrogen-bond acceptors (Lipinski definition) is 9. The van der Waals surface area contributed by atoms with E-state index in [1.807, 2.05) is 61.2 Å². The predicted molar refractivity (Wildman–Crippen MR) is 183 cm³/mol. The molecule has 268 valence electrons. The van der Waals surface area contributed by atoms with Gasteiger partial charge in [0, 0.05) is 39.2 Å². The summed E-state index contributed by atoms with van der Waals surface area (Å²) in [6.45, 7) is 6.04. The average molecular weight is 682 g/mol. The fourth-order valence-corrected chi connectivity index (χ4v) is 6.23. The zero-order valence-corrected chi connectivity index (χ0v) is 29.3. The molecule has 2 bridgehead atoms. The molecular weight excluding hydrogens is 630 g/mol. The number of hydrogen-bond donors (Lipinski definition) is 4. The van der Waals surface area contributed by atoms with Crippen LogP contribution >= 0.6 is 0 Å². The maximum atomic E-state index is 13.8. The van der Waals surface area contributed by atoms with Gasteiger partial charge in [-0.05, 0) is 48.9 Å². The van der Waals surface area contributed by atoms with Gasteiger partial charge in [0.1, 0.15) is 35.7 Å². The number of nitrogens with one attached hydrogen (secondary N) is 3. The summed E-state index contributed by atoms with van der Waals surface area (Å²) in [5, 5.41) is 20.2. The molecule has 0 aromatic heterocycles. The number of aliphatic hydroxyl groups excluding tert-OH is 1. The van der Waals surface area contributed by atoms with Gasteiger partial charge >= 0.3 is 0 Å². The van der Waals surface area contributed by atoms with Crippen LogP contribution < -0.4 is 25.4 Å². The molecule has 2 saturated heterocycles. The molecule has 2 aromatic carbocycles. The minimum absolute atomic E-state index is 0.0583. The molecule has 0 aliphatic carbocycles. The normalized spacial score (nSPS) is 26.4. The maximum Gasteiger partial charge on any atom is 0.245 e. The Morgan fingerprint density at radius 1 is 0.918 bits per heavy atom. The third kappa shape index (κ3) is 10.4. The van der Waals surface area contributed by atoms with Crippen LogP contribution in [0.5, 0.6) is 11.5 Å². The number of carbonyl (C=O) groups is 4. The summed E-state index contributed by atoms with van der Waals surface area (Å²) >= 11 is 0. The molecule has 2 heterocycles. The van der Waals surface area contributed by atoms with E-state index >= 15 is 0 Å². The second kappa shape index (κ2) is 17.5. The lowest BCUT2D eigenvalue weighted by atomic mass is 9.97. The molecule has 4 N–H and O–H groups in total. The van der Waals surface area contributed by atoms with Gasteiger partial charge in [0.2, 0.25) is 23.6 Å². The first-order chi connectivity index (χ1) is 23.4. The molecule has 0 unspecified atom stereocenters. The van der Waals surface area contributed by atoms with Crippen molar-refractivity contribution in [1.29, 1.82) is 0 Å². The SMILES string of the molecule is COc1cc(CN2CC(=O)N[C@H](CC(C)C)C(=O)N(C)[C@@H](C)C(=O)N[C@@H](Cc3ccccc3)C(=O)N[C@H]3CCO[C@H](C2)[C@H]3O)cc(OC)c1. The summed E-state index contributed by atoms with van der Waals surface area (Å²) in [7, 11) is 4.63. The van der Waals surface area contributed by atoms with Gasteiger partial charge < -0.3 is 40.2 Å². The summed E-state index contributed by atoms with van der Waals surface area (Å²) in [5.74, 6) is -0.581. The van der Waals surface area contributed by atoms with Gasteiger partial charge in [-0.25, -0.2) is 0 Å². The van der Waals surface area contributed by atoms with Crippen LogP contribution in [0.2, 0.25) is 0 Å². The van der Waals surface area contributed by atoms with Crippen molar-refractivity contribution in [2.75, 3.05) is 41.0 Å². The number of benzene rings is 2. The fourth-order valence-electron chi connectivity index (χ4n) is 6.23. The predicted octanol–water partition coefficient (Wildman–Crippen LogP) is 1.26. The first kappa shape index (κ1) is 37.6. The van der Waals surface area contributed by atoms with Crippen molar-refractivity contribution in [2.45, 2.75) is 83.0 Å². The quantitative estimate of drug-likeness (QED) is 0.322. The van der Waals surface area contributed by atoms with E-state index in [9.17, 15) is 24.3 Å². The van der Waals surface area contributed by atoms with Crippen LogP contribution in [0.1, 0.15) is 44.7 Å². The lowest BCUT2D eigenvalue weighted by Gasteiger charge is -2.38. The molecule has 13 nitrogen and oxygen atoms in total. The highest BCUT2D eigenvalue weighted by Gasteiger charge is 2.38. The number of nitrogens with zero attached hydrogens (tertiary/aromatic N) is 2. The number of likely N-dealkylation sites (N-methyl/N-ethyl adjacent to an activating group) is 1. The monoisotopic (exact) mass is 681 g/mol. The number of ether oxygens (including phenoxy) is 3. The van der Waals surface area contributed by atoms with Gasteiger partial charge in [-0.1, -0.05) is 44.2 Å². The maximum absolute atomic E-state index is 13.8. The van der Waals surface area contributed by atoms with Gasteiger partial charge in [0.15, 0.2) is 0 Å². The number of carbonyl (C=O) groups excluding carboxylic acids is 4. The van der Waals surface area contributed by atoms with Gasteiger partial charge in [-0.15, -0.1) is 0 Å². The van der Waals surface area contributed by atoms with Crippen LogP contribution in [0.15, 0.2) is 48.5 Å². The van der Waals surface area contributed by atoms with Crippen molar-refractivity contribution in [1.82, 2.24) is 25.8 Å².